The van der Waals surface area contributed by atoms with E-state index < -0.39 is 17.9 Å². The third-order valence-electron chi connectivity index (χ3n) is 3.40. The van der Waals surface area contributed by atoms with Crippen molar-refractivity contribution in [3.8, 4) is 0 Å². The summed E-state index contributed by atoms with van der Waals surface area (Å²) in [4.78, 5) is 22.6. The lowest BCUT2D eigenvalue weighted by atomic mass is 9.90. The average Bonchev–Trinajstić information content (AvgIpc) is 2.75. The Morgan fingerprint density at radius 3 is 2.61 bits per heavy atom. The van der Waals surface area contributed by atoms with Crippen LogP contribution in [0.1, 0.15) is 27.2 Å². The molecule has 0 aromatic rings. The smallest absolute Gasteiger partial charge is 0.315 e. The van der Waals surface area contributed by atoms with Gasteiger partial charge in [-0.05, 0) is 11.8 Å². The number of hydrogen-bond donors (Lipinski definition) is 3. The first kappa shape index (κ1) is 14.8. The predicted octanol–water partition coefficient (Wildman–Crippen LogP) is 0.821. The minimum absolute atomic E-state index is 0.0374. The van der Waals surface area contributed by atoms with Gasteiger partial charge in [0.25, 0.3) is 0 Å². The molecule has 1 fully saturated rings. The van der Waals surface area contributed by atoms with E-state index in [1.54, 1.807) is 0 Å². The number of aliphatic carboxylic acids is 1. The van der Waals surface area contributed by atoms with E-state index in [1.807, 2.05) is 0 Å². The number of carboxylic acids is 1. The minimum atomic E-state index is -0.938. The Labute approximate surface area is 107 Å². The molecule has 1 rings (SSSR count). The monoisotopic (exact) mass is 258 g/mol. The lowest BCUT2D eigenvalue weighted by Gasteiger charge is -2.24. The van der Waals surface area contributed by atoms with Crippen LogP contribution < -0.4 is 10.6 Å². The summed E-state index contributed by atoms with van der Waals surface area (Å²) in [5.74, 6) is -1.60. The zero-order valence-electron chi connectivity index (χ0n) is 11.2. The molecule has 0 saturated carbocycles. The van der Waals surface area contributed by atoms with Crippen molar-refractivity contribution in [1.29, 1.82) is 0 Å². The average molecular weight is 258 g/mol. The number of urea groups is 1. The molecule has 0 bridgehead atoms. The van der Waals surface area contributed by atoms with Crippen LogP contribution in [0.2, 0.25) is 0 Å². The summed E-state index contributed by atoms with van der Waals surface area (Å²) in [5, 5.41) is 14.4. The van der Waals surface area contributed by atoms with Crippen molar-refractivity contribution in [2.45, 2.75) is 33.2 Å². The van der Waals surface area contributed by atoms with Crippen LogP contribution in [-0.2, 0) is 9.53 Å². The Bertz CT molecular complexity index is 317. The van der Waals surface area contributed by atoms with Crippen LogP contribution in [-0.4, -0.2) is 42.9 Å². The fraction of sp³-hybridized carbons (Fsp3) is 0.833. The van der Waals surface area contributed by atoms with Crippen molar-refractivity contribution >= 4 is 12.0 Å². The van der Waals surface area contributed by atoms with Crippen molar-refractivity contribution in [2.24, 2.45) is 11.3 Å². The van der Waals surface area contributed by atoms with Crippen LogP contribution in [0, 0.1) is 11.3 Å². The lowest BCUT2D eigenvalue weighted by molar-refractivity contribution is -0.142. The molecule has 2 unspecified atom stereocenters. The summed E-state index contributed by atoms with van der Waals surface area (Å²) in [6.07, 6.45) is 0.956. The van der Waals surface area contributed by atoms with Gasteiger partial charge in [-0.2, -0.15) is 0 Å². The van der Waals surface area contributed by atoms with Crippen LogP contribution in [0.25, 0.3) is 0 Å². The molecule has 0 radical (unpaired) electrons. The van der Waals surface area contributed by atoms with Gasteiger partial charge in [0, 0.05) is 6.54 Å². The number of nitrogens with one attached hydrogen (secondary N) is 2. The first-order valence-electron chi connectivity index (χ1n) is 6.20. The molecule has 0 aromatic carbocycles. The van der Waals surface area contributed by atoms with Gasteiger partial charge in [-0.1, -0.05) is 20.8 Å². The second kappa shape index (κ2) is 6.04. The molecule has 3 N–H and O–H groups in total. The highest BCUT2D eigenvalue weighted by Gasteiger charge is 2.35. The quantitative estimate of drug-likeness (QED) is 0.681. The number of carbonyl (C=O) groups is 2. The van der Waals surface area contributed by atoms with E-state index in [2.05, 4.69) is 31.4 Å². The lowest BCUT2D eigenvalue weighted by Crippen LogP contribution is -2.48. The topological polar surface area (TPSA) is 87.7 Å². The fourth-order valence-electron chi connectivity index (χ4n) is 1.60. The maximum absolute atomic E-state index is 11.7. The highest BCUT2D eigenvalue weighted by atomic mass is 16.5. The first-order chi connectivity index (χ1) is 8.35. The minimum Gasteiger partial charge on any atom is -0.481 e. The highest BCUT2D eigenvalue weighted by Crippen LogP contribution is 2.18. The Kier molecular flexibility index (Phi) is 4.95. The second-order valence-electron chi connectivity index (χ2n) is 5.43. The summed E-state index contributed by atoms with van der Waals surface area (Å²) < 4.78 is 5.08. The number of rotatable bonds is 5. The third-order valence-corrected chi connectivity index (χ3v) is 3.40. The van der Waals surface area contributed by atoms with E-state index in [1.165, 1.54) is 0 Å². The van der Waals surface area contributed by atoms with Gasteiger partial charge in [0.15, 0.2) is 0 Å². The van der Waals surface area contributed by atoms with E-state index in [9.17, 15) is 9.59 Å². The maximum Gasteiger partial charge on any atom is 0.315 e. The number of carboxylic acid groups (broad SMARTS) is 1. The van der Waals surface area contributed by atoms with Gasteiger partial charge in [0.2, 0.25) is 0 Å². The van der Waals surface area contributed by atoms with Crippen molar-refractivity contribution in [3.63, 3.8) is 0 Å². The molecule has 1 aliphatic rings. The fourth-order valence-corrected chi connectivity index (χ4v) is 1.60. The van der Waals surface area contributed by atoms with E-state index in [4.69, 9.17) is 9.84 Å². The van der Waals surface area contributed by atoms with Gasteiger partial charge in [0.1, 0.15) is 5.92 Å². The highest BCUT2D eigenvalue weighted by molar-refractivity contribution is 5.77. The van der Waals surface area contributed by atoms with Crippen LogP contribution in [0.3, 0.4) is 0 Å². The van der Waals surface area contributed by atoms with Gasteiger partial charge in [-0.3, -0.25) is 4.79 Å². The Morgan fingerprint density at radius 2 is 2.06 bits per heavy atom. The van der Waals surface area contributed by atoms with Crippen molar-refractivity contribution in [3.05, 3.63) is 0 Å². The van der Waals surface area contributed by atoms with Gasteiger partial charge in [-0.25, -0.2) is 4.79 Å². The largest absolute Gasteiger partial charge is 0.481 e. The van der Waals surface area contributed by atoms with E-state index in [-0.39, 0.29) is 24.7 Å². The van der Waals surface area contributed by atoms with Crippen molar-refractivity contribution in [2.75, 3.05) is 19.8 Å². The van der Waals surface area contributed by atoms with Crippen LogP contribution in [0.5, 0.6) is 0 Å². The van der Waals surface area contributed by atoms with Gasteiger partial charge < -0.3 is 20.5 Å². The molecule has 2 amide bonds. The molecule has 18 heavy (non-hydrogen) atoms. The number of amides is 2. The Balaban J connectivity index is 2.38. The second-order valence-corrected chi connectivity index (χ2v) is 5.43. The van der Waals surface area contributed by atoms with Crippen LogP contribution in [0.15, 0.2) is 0 Å². The van der Waals surface area contributed by atoms with Gasteiger partial charge >= 0.3 is 12.0 Å². The molecule has 0 spiro atoms. The molecule has 6 nitrogen and oxygen atoms in total. The molecular formula is C12H22N2O4. The summed E-state index contributed by atoms with van der Waals surface area (Å²) in [5.41, 5.74) is 0.0374. The normalized spacial score (nSPS) is 23.7. The number of hydrogen-bond acceptors (Lipinski definition) is 3. The van der Waals surface area contributed by atoms with E-state index in [0.717, 1.165) is 6.42 Å². The molecule has 6 heteroatoms. The molecule has 1 saturated heterocycles. The SMILES string of the molecule is CCC(C)(C)CNC(=O)NC1COCC1C(=O)O. The van der Waals surface area contributed by atoms with Gasteiger partial charge in [-0.15, -0.1) is 0 Å². The molecule has 1 aliphatic heterocycles. The zero-order valence-corrected chi connectivity index (χ0v) is 11.2. The van der Waals surface area contributed by atoms with Crippen molar-refractivity contribution in [1.82, 2.24) is 10.6 Å². The molecule has 1 heterocycles. The number of carbonyl (C=O) groups excluding carboxylic acids is 1. The standard InChI is InChI=1S/C12H22N2O4/c1-4-12(2,3)7-13-11(17)14-9-6-18-5-8(9)10(15)16/h8-9H,4-7H2,1-3H3,(H,15,16)(H2,13,14,17). The molecular weight excluding hydrogens is 236 g/mol. The van der Waals surface area contributed by atoms with E-state index in [0.29, 0.717) is 6.54 Å². The zero-order chi connectivity index (χ0) is 13.8. The third kappa shape index (κ3) is 4.18. The summed E-state index contributed by atoms with van der Waals surface area (Å²) in [6.45, 7) is 7.14. The molecule has 0 aliphatic carbocycles. The first-order valence-corrected chi connectivity index (χ1v) is 6.20. The Morgan fingerprint density at radius 1 is 1.39 bits per heavy atom. The predicted molar refractivity (Wildman–Crippen MR) is 66.3 cm³/mol. The Hall–Kier alpha value is -1.30. The van der Waals surface area contributed by atoms with Crippen LogP contribution >= 0.6 is 0 Å². The summed E-state index contributed by atoms with van der Waals surface area (Å²) >= 11 is 0. The maximum atomic E-state index is 11.7. The van der Waals surface area contributed by atoms with E-state index >= 15 is 0 Å². The molecule has 2 atom stereocenters. The van der Waals surface area contributed by atoms with Gasteiger partial charge in [0.05, 0.1) is 19.3 Å². The molecule has 104 valence electrons. The number of ether oxygens (including phenoxy) is 1. The molecule has 0 aromatic heterocycles. The summed E-state index contributed by atoms with van der Waals surface area (Å²) in [6, 6.07) is -0.787. The van der Waals surface area contributed by atoms with Crippen molar-refractivity contribution < 1.29 is 19.4 Å². The van der Waals surface area contributed by atoms with Crippen LogP contribution in [0.4, 0.5) is 4.79 Å². The summed E-state index contributed by atoms with van der Waals surface area (Å²) in [7, 11) is 0.